The fourth-order valence-electron chi connectivity index (χ4n) is 1.42. The van der Waals surface area contributed by atoms with Crippen molar-refractivity contribution in [3.05, 3.63) is 22.4 Å². The summed E-state index contributed by atoms with van der Waals surface area (Å²) in [7, 11) is 2.05. The zero-order chi connectivity index (χ0) is 10.6. The Balaban J connectivity index is 2.40. The van der Waals surface area contributed by atoms with Gasteiger partial charge in [-0.25, -0.2) is 0 Å². The Morgan fingerprint density at radius 1 is 1.57 bits per heavy atom. The highest BCUT2D eigenvalue weighted by Crippen LogP contribution is 2.14. The molecular weight excluding hydrogens is 194 g/mol. The molecule has 1 aromatic heterocycles. The van der Waals surface area contributed by atoms with Gasteiger partial charge in [0.25, 0.3) is 0 Å². The van der Waals surface area contributed by atoms with Gasteiger partial charge in [-0.3, -0.25) is 4.90 Å². The number of likely N-dealkylation sites (N-methyl/N-ethyl adjacent to an activating group) is 1. The van der Waals surface area contributed by atoms with Crippen LogP contribution in [0.4, 0.5) is 0 Å². The lowest BCUT2D eigenvalue weighted by atomic mass is 10.0. The number of hydrogen-bond donors (Lipinski definition) is 1. The summed E-state index contributed by atoms with van der Waals surface area (Å²) in [5, 5.41) is 12.0. The van der Waals surface area contributed by atoms with E-state index in [2.05, 4.69) is 22.4 Å². The minimum Gasteiger partial charge on any atom is -0.389 e. The predicted octanol–water partition coefficient (Wildman–Crippen LogP) is 2.34. The average molecular weight is 213 g/mol. The molecule has 0 aliphatic rings. The van der Waals surface area contributed by atoms with Gasteiger partial charge < -0.3 is 5.11 Å². The minimum absolute atomic E-state index is 0.563. The number of aliphatic hydroxyl groups is 1. The monoisotopic (exact) mass is 213 g/mol. The molecule has 0 radical (unpaired) electrons. The molecule has 0 bridgehead atoms. The first-order chi connectivity index (χ1) is 6.53. The van der Waals surface area contributed by atoms with Gasteiger partial charge in [0.2, 0.25) is 0 Å². The summed E-state index contributed by atoms with van der Waals surface area (Å²) in [6.45, 7) is 5.55. The molecule has 1 unspecified atom stereocenters. The first-order valence-corrected chi connectivity index (χ1v) is 5.85. The van der Waals surface area contributed by atoms with Crippen LogP contribution in [0, 0.1) is 0 Å². The van der Waals surface area contributed by atoms with E-state index in [-0.39, 0.29) is 0 Å². The van der Waals surface area contributed by atoms with Crippen molar-refractivity contribution in [1.29, 1.82) is 0 Å². The first kappa shape index (κ1) is 11.7. The van der Waals surface area contributed by atoms with Crippen LogP contribution in [0.1, 0.15) is 25.1 Å². The third-order valence-electron chi connectivity index (χ3n) is 2.38. The molecule has 0 amide bonds. The maximum Gasteiger partial charge on any atom is 0.0743 e. The van der Waals surface area contributed by atoms with Gasteiger partial charge in [-0.15, -0.1) is 11.3 Å². The lowest BCUT2D eigenvalue weighted by molar-refractivity contribution is 0.0220. The second-order valence-electron chi connectivity index (χ2n) is 4.10. The van der Waals surface area contributed by atoms with E-state index in [9.17, 15) is 5.11 Å². The first-order valence-electron chi connectivity index (χ1n) is 4.97. The van der Waals surface area contributed by atoms with E-state index in [1.165, 1.54) is 4.88 Å². The van der Waals surface area contributed by atoms with Crippen molar-refractivity contribution in [2.24, 2.45) is 0 Å². The van der Waals surface area contributed by atoms with Crippen LogP contribution in [-0.2, 0) is 6.54 Å². The van der Waals surface area contributed by atoms with Gasteiger partial charge in [0.05, 0.1) is 5.60 Å². The fraction of sp³-hybridized carbons (Fsp3) is 0.636. The van der Waals surface area contributed by atoms with E-state index in [1.807, 2.05) is 20.9 Å². The van der Waals surface area contributed by atoms with Crippen LogP contribution in [0.3, 0.4) is 0 Å². The Labute approximate surface area is 90.2 Å². The molecule has 1 atom stereocenters. The zero-order valence-corrected chi connectivity index (χ0v) is 9.97. The van der Waals surface area contributed by atoms with E-state index in [0.29, 0.717) is 0 Å². The van der Waals surface area contributed by atoms with Crippen LogP contribution in [0.25, 0.3) is 0 Å². The molecule has 2 nitrogen and oxygen atoms in total. The molecule has 80 valence electrons. The van der Waals surface area contributed by atoms with Crippen LogP contribution in [-0.4, -0.2) is 29.2 Å². The Bertz CT molecular complexity index is 256. The van der Waals surface area contributed by atoms with Crippen molar-refractivity contribution in [2.75, 3.05) is 13.6 Å². The predicted molar refractivity (Wildman–Crippen MR) is 61.6 cm³/mol. The molecule has 0 aliphatic carbocycles. The van der Waals surface area contributed by atoms with Gasteiger partial charge in [-0.05, 0) is 31.8 Å². The van der Waals surface area contributed by atoms with Crippen molar-refractivity contribution in [1.82, 2.24) is 4.90 Å². The van der Waals surface area contributed by atoms with Gasteiger partial charge in [0.15, 0.2) is 0 Å². The largest absolute Gasteiger partial charge is 0.389 e. The molecule has 1 aromatic rings. The molecule has 0 fully saturated rings. The summed E-state index contributed by atoms with van der Waals surface area (Å²) in [6.07, 6.45) is 0.793. The summed E-state index contributed by atoms with van der Waals surface area (Å²) < 4.78 is 0. The Morgan fingerprint density at radius 3 is 2.79 bits per heavy atom. The highest BCUT2D eigenvalue weighted by molar-refractivity contribution is 7.09. The molecular formula is C11H19NOS. The van der Waals surface area contributed by atoms with Gasteiger partial charge in [0, 0.05) is 18.0 Å². The van der Waals surface area contributed by atoms with Crippen molar-refractivity contribution >= 4 is 11.3 Å². The smallest absolute Gasteiger partial charge is 0.0743 e. The lowest BCUT2D eigenvalue weighted by Crippen LogP contribution is -2.37. The van der Waals surface area contributed by atoms with Gasteiger partial charge >= 0.3 is 0 Å². The number of rotatable bonds is 5. The quantitative estimate of drug-likeness (QED) is 0.811. The van der Waals surface area contributed by atoms with Crippen LogP contribution >= 0.6 is 11.3 Å². The Morgan fingerprint density at radius 2 is 2.29 bits per heavy atom. The summed E-state index contributed by atoms with van der Waals surface area (Å²) >= 11 is 1.76. The summed E-state index contributed by atoms with van der Waals surface area (Å²) in [6, 6.07) is 4.19. The normalized spacial score (nSPS) is 15.8. The second-order valence-corrected chi connectivity index (χ2v) is 5.13. The molecule has 3 heteroatoms. The highest BCUT2D eigenvalue weighted by atomic mass is 32.1. The minimum atomic E-state index is -0.563. The molecule has 0 aromatic carbocycles. The lowest BCUT2D eigenvalue weighted by Gasteiger charge is -2.27. The number of hydrogen-bond acceptors (Lipinski definition) is 3. The molecule has 14 heavy (non-hydrogen) atoms. The zero-order valence-electron chi connectivity index (χ0n) is 9.16. The third-order valence-corrected chi connectivity index (χ3v) is 3.24. The molecule has 1 heterocycles. The third kappa shape index (κ3) is 3.78. The van der Waals surface area contributed by atoms with Crippen LogP contribution < -0.4 is 0 Å². The molecule has 0 saturated carbocycles. The van der Waals surface area contributed by atoms with Crippen molar-refractivity contribution in [2.45, 2.75) is 32.4 Å². The van der Waals surface area contributed by atoms with Gasteiger partial charge in [-0.2, -0.15) is 0 Å². The van der Waals surface area contributed by atoms with Crippen LogP contribution in [0.5, 0.6) is 0 Å². The standard InChI is InChI=1S/C11H19NOS/c1-4-11(2,13)9-12(3)8-10-6-5-7-14-10/h5-7,13H,4,8-9H2,1-3H3. The van der Waals surface area contributed by atoms with Crippen molar-refractivity contribution < 1.29 is 5.11 Å². The molecule has 0 aliphatic heterocycles. The fourth-order valence-corrected chi connectivity index (χ4v) is 2.20. The topological polar surface area (TPSA) is 23.5 Å². The van der Waals surface area contributed by atoms with Crippen LogP contribution in [0.2, 0.25) is 0 Å². The highest BCUT2D eigenvalue weighted by Gasteiger charge is 2.19. The van der Waals surface area contributed by atoms with Gasteiger partial charge in [0.1, 0.15) is 0 Å². The van der Waals surface area contributed by atoms with E-state index in [4.69, 9.17) is 0 Å². The van der Waals surface area contributed by atoms with E-state index in [1.54, 1.807) is 11.3 Å². The number of thiophene rings is 1. The maximum absolute atomic E-state index is 9.88. The van der Waals surface area contributed by atoms with E-state index < -0.39 is 5.60 Å². The van der Waals surface area contributed by atoms with Gasteiger partial charge in [-0.1, -0.05) is 13.0 Å². The molecule has 0 saturated heterocycles. The molecule has 1 N–H and O–H groups in total. The Hall–Kier alpha value is -0.380. The van der Waals surface area contributed by atoms with Crippen molar-refractivity contribution in [3.8, 4) is 0 Å². The average Bonchev–Trinajstić information content (AvgIpc) is 2.55. The maximum atomic E-state index is 9.88. The second kappa shape index (κ2) is 4.91. The number of nitrogens with zero attached hydrogens (tertiary/aromatic N) is 1. The van der Waals surface area contributed by atoms with Crippen molar-refractivity contribution in [3.63, 3.8) is 0 Å². The summed E-state index contributed by atoms with van der Waals surface area (Å²) in [5.41, 5.74) is -0.563. The SMILES string of the molecule is CCC(C)(O)CN(C)Cc1cccs1. The summed E-state index contributed by atoms with van der Waals surface area (Å²) in [5.74, 6) is 0. The molecule has 1 rings (SSSR count). The molecule has 0 spiro atoms. The van der Waals surface area contributed by atoms with E-state index >= 15 is 0 Å². The van der Waals surface area contributed by atoms with E-state index in [0.717, 1.165) is 19.5 Å². The summed E-state index contributed by atoms with van der Waals surface area (Å²) in [4.78, 5) is 3.51. The Kier molecular flexibility index (Phi) is 4.11. The van der Waals surface area contributed by atoms with Crippen LogP contribution in [0.15, 0.2) is 17.5 Å².